The smallest absolute Gasteiger partial charge is 0.312 e. The summed E-state index contributed by atoms with van der Waals surface area (Å²) < 4.78 is 0. The standard InChI is InChI=1S/C13H16ClNO3/c1-13(2,8-15-11(16)7-12(17)18)9-3-5-10(14)6-4-9/h3-6H,7-8H2,1-2H3,(H,15,16)(H,17,18). The molecule has 0 heterocycles. The Hall–Kier alpha value is -1.55. The van der Waals surface area contributed by atoms with Crippen LogP contribution in [-0.2, 0) is 15.0 Å². The Bertz CT molecular complexity index is 440. The summed E-state index contributed by atoms with van der Waals surface area (Å²) in [6, 6.07) is 7.37. The number of halogens is 1. The molecule has 0 aliphatic rings. The van der Waals surface area contributed by atoms with Crippen LogP contribution in [0.4, 0.5) is 0 Å². The van der Waals surface area contributed by atoms with Crippen LogP contribution in [0.15, 0.2) is 24.3 Å². The van der Waals surface area contributed by atoms with Gasteiger partial charge in [0, 0.05) is 17.0 Å². The SMILES string of the molecule is CC(C)(CNC(=O)CC(=O)O)c1ccc(Cl)cc1. The van der Waals surface area contributed by atoms with Crippen LogP contribution < -0.4 is 5.32 Å². The predicted octanol–water partition coefficient (Wildman–Crippen LogP) is 2.21. The van der Waals surface area contributed by atoms with Gasteiger partial charge in [-0.15, -0.1) is 0 Å². The van der Waals surface area contributed by atoms with Crippen LogP contribution in [0.25, 0.3) is 0 Å². The van der Waals surface area contributed by atoms with Crippen LogP contribution in [0.5, 0.6) is 0 Å². The lowest BCUT2D eigenvalue weighted by atomic mass is 9.84. The molecule has 0 radical (unpaired) electrons. The van der Waals surface area contributed by atoms with Crippen molar-refractivity contribution in [3.8, 4) is 0 Å². The summed E-state index contributed by atoms with van der Waals surface area (Å²) in [6.07, 6.45) is -0.503. The topological polar surface area (TPSA) is 66.4 Å². The van der Waals surface area contributed by atoms with Gasteiger partial charge < -0.3 is 10.4 Å². The first-order valence-electron chi connectivity index (χ1n) is 5.56. The molecule has 0 saturated carbocycles. The second-order valence-electron chi connectivity index (χ2n) is 4.74. The lowest BCUT2D eigenvalue weighted by molar-refractivity contribution is -0.140. The van der Waals surface area contributed by atoms with Gasteiger partial charge in [0.2, 0.25) is 5.91 Å². The van der Waals surface area contributed by atoms with Crippen molar-refractivity contribution in [1.82, 2.24) is 5.32 Å². The Morgan fingerprint density at radius 2 is 1.83 bits per heavy atom. The molecule has 0 spiro atoms. The summed E-state index contributed by atoms with van der Waals surface area (Å²) in [7, 11) is 0. The minimum atomic E-state index is -1.13. The van der Waals surface area contributed by atoms with E-state index in [1.165, 1.54) is 0 Å². The lowest BCUT2D eigenvalue weighted by Gasteiger charge is -2.25. The highest BCUT2D eigenvalue weighted by Crippen LogP contribution is 2.23. The fraction of sp³-hybridized carbons (Fsp3) is 0.385. The molecule has 5 heteroatoms. The predicted molar refractivity (Wildman–Crippen MR) is 69.7 cm³/mol. The Morgan fingerprint density at radius 1 is 1.28 bits per heavy atom. The number of carboxylic acids is 1. The number of hydrogen-bond acceptors (Lipinski definition) is 2. The van der Waals surface area contributed by atoms with E-state index in [4.69, 9.17) is 16.7 Å². The highest BCUT2D eigenvalue weighted by Gasteiger charge is 2.21. The Balaban J connectivity index is 2.62. The van der Waals surface area contributed by atoms with Crippen molar-refractivity contribution in [2.75, 3.05) is 6.54 Å². The molecule has 4 nitrogen and oxygen atoms in total. The summed E-state index contributed by atoms with van der Waals surface area (Å²) >= 11 is 5.81. The number of aliphatic carboxylic acids is 1. The molecule has 0 saturated heterocycles. The largest absolute Gasteiger partial charge is 0.481 e. The van der Waals surface area contributed by atoms with Gasteiger partial charge in [-0.3, -0.25) is 9.59 Å². The second-order valence-corrected chi connectivity index (χ2v) is 5.17. The van der Waals surface area contributed by atoms with E-state index in [0.29, 0.717) is 11.6 Å². The van der Waals surface area contributed by atoms with Crippen molar-refractivity contribution in [3.05, 3.63) is 34.9 Å². The monoisotopic (exact) mass is 269 g/mol. The first-order valence-corrected chi connectivity index (χ1v) is 5.93. The summed E-state index contributed by atoms with van der Waals surface area (Å²) in [5.41, 5.74) is 0.751. The minimum absolute atomic E-state index is 0.279. The van der Waals surface area contributed by atoms with Gasteiger partial charge in [-0.25, -0.2) is 0 Å². The molecule has 98 valence electrons. The molecule has 0 aliphatic heterocycles. The molecule has 2 N–H and O–H groups in total. The molecule has 0 atom stereocenters. The lowest BCUT2D eigenvalue weighted by Crippen LogP contribution is -2.37. The van der Waals surface area contributed by atoms with Crippen molar-refractivity contribution in [2.24, 2.45) is 0 Å². The van der Waals surface area contributed by atoms with Crippen LogP contribution >= 0.6 is 11.6 Å². The van der Waals surface area contributed by atoms with E-state index in [0.717, 1.165) is 5.56 Å². The van der Waals surface area contributed by atoms with Crippen LogP contribution in [-0.4, -0.2) is 23.5 Å². The average molecular weight is 270 g/mol. The van der Waals surface area contributed by atoms with Gasteiger partial charge in [-0.1, -0.05) is 37.6 Å². The number of nitrogens with one attached hydrogen (secondary N) is 1. The van der Waals surface area contributed by atoms with Crippen molar-refractivity contribution >= 4 is 23.5 Å². The summed E-state index contributed by atoms with van der Waals surface area (Å²) in [6.45, 7) is 4.31. The van der Waals surface area contributed by atoms with Crippen molar-refractivity contribution in [3.63, 3.8) is 0 Å². The van der Waals surface area contributed by atoms with Crippen LogP contribution in [0.2, 0.25) is 5.02 Å². The fourth-order valence-electron chi connectivity index (χ4n) is 1.52. The van der Waals surface area contributed by atoms with Gasteiger partial charge in [-0.05, 0) is 17.7 Å². The molecule has 1 amide bonds. The van der Waals surface area contributed by atoms with Crippen LogP contribution in [0.3, 0.4) is 0 Å². The first-order chi connectivity index (χ1) is 8.31. The minimum Gasteiger partial charge on any atom is -0.481 e. The van der Waals surface area contributed by atoms with Gasteiger partial charge >= 0.3 is 5.97 Å². The Morgan fingerprint density at radius 3 is 2.33 bits per heavy atom. The summed E-state index contributed by atoms with van der Waals surface area (Å²) in [4.78, 5) is 21.6. The third-order valence-electron chi connectivity index (χ3n) is 2.66. The van der Waals surface area contributed by atoms with E-state index < -0.39 is 18.3 Å². The van der Waals surface area contributed by atoms with Crippen molar-refractivity contribution < 1.29 is 14.7 Å². The third-order valence-corrected chi connectivity index (χ3v) is 2.92. The van der Waals surface area contributed by atoms with Gasteiger partial charge in [0.25, 0.3) is 0 Å². The summed E-state index contributed by atoms with van der Waals surface area (Å²) in [5, 5.41) is 11.8. The summed E-state index contributed by atoms with van der Waals surface area (Å²) in [5.74, 6) is -1.61. The van der Waals surface area contributed by atoms with Gasteiger partial charge in [0.15, 0.2) is 0 Å². The molecule has 18 heavy (non-hydrogen) atoms. The van der Waals surface area contributed by atoms with E-state index in [1.54, 1.807) is 12.1 Å². The number of carboxylic acid groups (broad SMARTS) is 1. The quantitative estimate of drug-likeness (QED) is 0.806. The van der Waals surface area contributed by atoms with E-state index >= 15 is 0 Å². The van der Waals surface area contributed by atoms with E-state index in [-0.39, 0.29) is 5.41 Å². The van der Waals surface area contributed by atoms with Crippen molar-refractivity contribution in [1.29, 1.82) is 0 Å². The number of rotatable bonds is 5. The highest BCUT2D eigenvalue weighted by molar-refractivity contribution is 6.30. The molecule has 1 rings (SSSR count). The maximum Gasteiger partial charge on any atom is 0.312 e. The van der Waals surface area contributed by atoms with E-state index in [2.05, 4.69) is 5.32 Å². The van der Waals surface area contributed by atoms with Crippen molar-refractivity contribution in [2.45, 2.75) is 25.7 Å². The van der Waals surface area contributed by atoms with Gasteiger partial charge in [0.1, 0.15) is 6.42 Å². The molecule has 1 aromatic carbocycles. The van der Waals surface area contributed by atoms with Crippen LogP contribution in [0.1, 0.15) is 25.8 Å². The maximum absolute atomic E-state index is 11.3. The average Bonchev–Trinajstić information content (AvgIpc) is 2.26. The van der Waals surface area contributed by atoms with E-state index in [1.807, 2.05) is 26.0 Å². The zero-order chi connectivity index (χ0) is 13.8. The maximum atomic E-state index is 11.3. The fourth-order valence-corrected chi connectivity index (χ4v) is 1.65. The molecular weight excluding hydrogens is 254 g/mol. The molecule has 1 aromatic rings. The zero-order valence-electron chi connectivity index (χ0n) is 10.4. The van der Waals surface area contributed by atoms with Gasteiger partial charge in [-0.2, -0.15) is 0 Å². The first kappa shape index (κ1) is 14.5. The van der Waals surface area contributed by atoms with Crippen LogP contribution in [0, 0.1) is 0 Å². The molecule has 0 aliphatic carbocycles. The number of carbonyl (C=O) groups is 2. The third kappa shape index (κ3) is 4.37. The molecular formula is C13H16ClNO3. The van der Waals surface area contributed by atoms with E-state index in [9.17, 15) is 9.59 Å². The molecule has 0 unspecified atom stereocenters. The number of benzene rings is 1. The number of amides is 1. The number of hydrogen-bond donors (Lipinski definition) is 2. The molecule has 0 aromatic heterocycles. The normalized spacial score (nSPS) is 11.1. The Kier molecular flexibility index (Phi) is 4.73. The Labute approximate surface area is 111 Å². The zero-order valence-corrected chi connectivity index (χ0v) is 11.1. The number of carbonyl (C=O) groups excluding carboxylic acids is 1. The highest BCUT2D eigenvalue weighted by atomic mass is 35.5. The van der Waals surface area contributed by atoms with Gasteiger partial charge in [0.05, 0.1) is 0 Å². The molecule has 0 fully saturated rings. The molecule has 0 bridgehead atoms. The second kappa shape index (κ2) is 5.87.